The quantitative estimate of drug-likeness (QED) is 0.315. The number of phosphoric acid groups is 1. The number of benzene rings is 1. The van der Waals surface area contributed by atoms with Crippen molar-refractivity contribution in [3.05, 3.63) is 35.9 Å². The van der Waals surface area contributed by atoms with Gasteiger partial charge in [0.2, 0.25) is 0 Å². The molecule has 1 rings (SSSR count). The van der Waals surface area contributed by atoms with E-state index in [9.17, 15) is 14.5 Å². The van der Waals surface area contributed by atoms with Gasteiger partial charge in [-0.05, 0) is 65.3 Å². The van der Waals surface area contributed by atoms with E-state index in [4.69, 9.17) is 23.0 Å². The van der Waals surface area contributed by atoms with Gasteiger partial charge < -0.3 is 14.6 Å². The summed E-state index contributed by atoms with van der Waals surface area (Å²) in [7, 11) is -2.76. The molecule has 0 aromatic heterocycles. The molecule has 164 valence electrons. The molecule has 0 bridgehead atoms. The largest absolute Gasteiger partial charge is 0.497 e. The molecule has 1 aromatic carbocycles. The molecule has 0 amide bonds. The lowest BCUT2D eigenvalue weighted by Gasteiger charge is -2.29. The van der Waals surface area contributed by atoms with Crippen LogP contribution in [0.25, 0.3) is 6.08 Å². The van der Waals surface area contributed by atoms with E-state index in [2.05, 4.69) is 0 Å². The van der Waals surface area contributed by atoms with Crippen molar-refractivity contribution in [3.63, 3.8) is 0 Å². The van der Waals surface area contributed by atoms with Gasteiger partial charge in [0.05, 0.1) is 25.4 Å². The number of hydrogen-bond donors (Lipinski definition) is 1. The van der Waals surface area contributed by atoms with Crippen molar-refractivity contribution in [1.29, 1.82) is 0 Å². The average molecular weight is 430 g/mol. The van der Waals surface area contributed by atoms with Gasteiger partial charge in [-0.25, -0.2) is 13.9 Å². The third-order valence-electron chi connectivity index (χ3n) is 3.18. The number of hydrogen-bond acceptors (Lipinski definition) is 8. The lowest BCUT2D eigenvalue weighted by Crippen LogP contribution is -2.42. The van der Waals surface area contributed by atoms with E-state index in [-0.39, 0.29) is 0 Å². The summed E-state index contributed by atoms with van der Waals surface area (Å²) in [5, 5.41) is 10.9. The van der Waals surface area contributed by atoms with Crippen LogP contribution in [0, 0.1) is 0 Å². The van der Waals surface area contributed by atoms with Gasteiger partial charge in [-0.15, -0.1) is 0 Å². The minimum absolute atomic E-state index is 0.538. The van der Waals surface area contributed by atoms with Crippen molar-refractivity contribution < 1.29 is 37.5 Å². The van der Waals surface area contributed by atoms with Gasteiger partial charge in [0.15, 0.2) is 0 Å². The zero-order chi connectivity index (χ0) is 22.2. The van der Waals surface area contributed by atoms with E-state index in [1.807, 2.05) is 0 Å². The summed E-state index contributed by atoms with van der Waals surface area (Å²) in [6, 6.07) is 6.83. The molecule has 0 fully saturated rings. The fourth-order valence-electron chi connectivity index (χ4n) is 2.11. The number of ether oxygens (including phenoxy) is 2. The Morgan fingerprint density at radius 2 is 1.52 bits per heavy atom. The van der Waals surface area contributed by atoms with Crippen molar-refractivity contribution in [2.45, 2.75) is 65.6 Å². The number of methoxy groups -OCH3 is 1. The van der Waals surface area contributed by atoms with E-state index < -0.39 is 37.9 Å². The second-order valence-electron chi connectivity index (χ2n) is 7.10. The number of rotatable bonds is 11. The number of carbonyl (C=O) groups is 1. The normalized spacial score (nSPS) is 14.6. The van der Waals surface area contributed by atoms with Crippen LogP contribution < -0.4 is 4.74 Å². The Labute approximate surface area is 172 Å². The SMILES string of the molecule is COc1ccc(/C=C/C(O)(OP(=O)(OC(C)C)OC(C)C)C(=O)OC(C)C)cc1. The molecule has 0 aliphatic heterocycles. The number of carbonyl (C=O) groups excluding carboxylic acids is 1. The molecule has 0 saturated carbocycles. The molecular formula is C20H31O8P. The summed E-state index contributed by atoms with van der Waals surface area (Å²) in [5.74, 6) is -3.19. The molecule has 0 saturated heterocycles. The van der Waals surface area contributed by atoms with Crippen molar-refractivity contribution in [1.82, 2.24) is 0 Å². The third kappa shape index (κ3) is 8.68. The predicted molar refractivity (Wildman–Crippen MR) is 109 cm³/mol. The standard InChI is InChI=1S/C20H31O8P/c1-14(2)25-19(21)20(22,13-12-17-8-10-18(24-7)11-9-17)28-29(23,26-15(3)4)27-16(5)6/h8-16,22H,1-7H3/b13-12+. The summed E-state index contributed by atoms with van der Waals surface area (Å²) in [4.78, 5) is 12.5. The van der Waals surface area contributed by atoms with E-state index in [1.165, 1.54) is 6.08 Å². The molecule has 1 atom stereocenters. The lowest BCUT2D eigenvalue weighted by atomic mass is 10.1. The Hall–Kier alpha value is -1.70. The minimum atomic E-state index is -4.31. The molecule has 0 heterocycles. The first-order chi connectivity index (χ1) is 13.4. The molecule has 1 aromatic rings. The first-order valence-electron chi connectivity index (χ1n) is 9.33. The van der Waals surface area contributed by atoms with Crippen molar-refractivity contribution in [3.8, 4) is 5.75 Å². The number of esters is 1. The van der Waals surface area contributed by atoms with Gasteiger partial charge in [0.25, 0.3) is 5.79 Å². The fourth-order valence-corrected chi connectivity index (χ4v) is 3.76. The maximum atomic E-state index is 13.0. The second kappa shape index (κ2) is 10.9. The van der Waals surface area contributed by atoms with Gasteiger partial charge in [0.1, 0.15) is 5.75 Å². The number of aliphatic hydroxyl groups is 1. The highest BCUT2D eigenvalue weighted by Crippen LogP contribution is 2.54. The lowest BCUT2D eigenvalue weighted by molar-refractivity contribution is -0.195. The second-order valence-corrected chi connectivity index (χ2v) is 8.60. The van der Waals surface area contributed by atoms with Crippen molar-refractivity contribution >= 4 is 19.9 Å². The van der Waals surface area contributed by atoms with Crippen LogP contribution in [-0.4, -0.2) is 42.3 Å². The molecular weight excluding hydrogens is 399 g/mol. The van der Waals surface area contributed by atoms with E-state index >= 15 is 0 Å². The Morgan fingerprint density at radius 3 is 1.93 bits per heavy atom. The van der Waals surface area contributed by atoms with Gasteiger partial charge in [-0.3, -0.25) is 9.05 Å². The van der Waals surface area contributed by atoms with Crippen LogP contribution in [0.1, 0.15) is 47.1 Å². The van der Waals surface area contributed by atoms with Crippen molar-refractivity contribution in [2.24, 2.45) is 0 Å². The summed E-state index contributed by atoms with van der Waals surface area (Å²) >= 11 is 0. The third-order valence-corrected chi connectivity index (χ3v) is 5.05. The van der Waals surface area contributed by atoms with Crippen LogP contribution in [0.3, 0.4) is 0 Å². The maximum Gasteiger partial charge on any atom is 0.478 e. The molecule has 0 radical (unpaired) electrons. The number of phosphoric ester groups is 1. The van der Waals surface area contributed by atoms with E-state index in [1.54, 1.807) is 72.9 Å². The van der Waals surface area contributed by atoms with E-state index in [0.717, 1.165) is 6.08 Å². The summed E-state index contributed by atoms with van der Waals surface area (Å²) in [6.45, 7) is 9.72. The summed E-state index contributed by atoms with van der Waals surface area (Å²) in [5.41, 5.74) is 0.634. The zero-order valence-electron chi connectivity index (χ0n) is 17.9. The van der Waals surface area contributed by atoms with Crippen LogP contribution in [0.5, 0.6) is 5.75 Å². The van der Waals surface area contributed by atoms with Gasteiger partial charge in [-0.2, -0.15) is 0 Å². The summed E-state index contributed by atoms with van der Waals surface area (Å²) < 4.78 is 39.0. The van der Waals surface area contributed by atoms with Crippen molar-refractivity contribution in [2.75, 3.05) is 7.11 Å². The fraction of sp³-hybridized carbons (Fsp3) is 0.550. The predicted octanol–water partition coefficient (Wildman–Crippen LogP) is 4.32. The Bertz CT molecular complexity index is 713. The van der Waals surface area contributed by atoms with Gasteiger partial charge in [0, 0.05) is 0 Å². The highest BCUT2D eigenvalue weighted by Gasteiger charge is 2.47. The van der Waals surface area contributed by atoms with Crippen LogP contribution in [0.2, 0.25) is 0 Å². The van der Waals surface area contributed by atoms with Crippen LogP contribution in [0.15, 0.2) is 30.3 Å². The van der Waals surface area contributed by atoms with Gasteiger partial charge in [-0.1, -0.05) is 18.2 Å². The smallest absolute Gasteiger partial charge is 0.478 e. The van der Waals surface area contributed by atoms with Crippen LogP contribution in [0.4, 0.5) is 0 Å². The molecule has 9 heteroatoms. The van der Waals surface area contributed by atoms with Crippen LogP contribution in [-0.2, 0) is 27.7 Å². The van der Waals surface area contributed by atoms with E-state index in [0.29, 0.717) is 11.3 Å². The summed E-state index contributed by atoms with van der Waals surface area (Å²) in [6.07, 6.45) is 0.838. The Kier molecular flexibility index (Phi) is 9.52. The Morgan fingerprint density at radius 1 is 1.00 bits per heavy atom. The molecule has 0 aliphatic rings. The molecule has 8 nitrogen and oxygen atoms in total. The first kappa shape index (κ1) is 25.3. The minimum Gasteiger partial charge on any atom is -0.497 e. The zero-order valence-corrected chi connectivity index (χ0v) is 18.8. The average Bonchev–Trinajstić information content (AvgIpc) is 2.58. The molecule has 0 spiro atoms. The molecule has 0 aliphatic carbocycles. The monoisotopic (exact) mass is 430 g/mol. The molecule has 29 heavy (non-hydrogen) atoms. The highest BCUT2D eigenvalue weighted by atomic mass is 31.2. The Balaban J connectivity index is 3.26. The maximum absolute atomic E-state index is 13.0. The van der Waals surface area contributed by atoms with Gasteiger partial charge >= 0.3 is 13.8 Å². The highest BCUT2D eigenvalue weighted by molar-refractivity contribution is 7.48. The van der Waals surface area contributed by atoms with Crippen LogP contribution >= 0.6 is 7.82 Å². The molecule has 1 unspecified atom stereocenters. The molecule has 1 N–H and O–H groups in total. The first-order valence-corrected chi connectivity index (χ1v) is 10.8. The topological polar surface area (TPSA) is 101 Å².